The highest BCUT2D eigenvalue weighted by atomic mass is 32.2. The third-order valence-corrected chi connectivity index (χ3v) is 7.03. The summed E-state index contributed by atoms with van der Waals surface area (Å²) in [6, 6.07) is 5.70. The Hall–Kier alpha value is -1.48. The number of thiophene rings is 1. The van der Waals surface area contributed by atoms with Gasteiger partial charge < -0.3 is 4.74 Å². The minimum atomic E-state index is -3.81. The monoisotopic (exact) mass is 412 g/mol. The molecule has 3 rings (SSSR count). The van der Waals surface area contributed by atoms with Crippen molar-refractivity contribution in [2.45, 2.75) is 36.6 Å². The van der Waals surface area contributed by atoms with Crippen LogP contribution in [0.15, 0.2) is 39.9 Å². The fourth-order valence-corrected chi connectivity index (χ4v) is 5.17. The van der Waals surface area contributed by atoms with Crippen molar-refractivity contribution in [3.8, 4) is 5.75 Å². The Bertz CT molecular complexity index is 833. The van der Waals surface area contributed by atoms with Crippen molar-refractivity contribution in [2.75, 3.05) is 26.7 Å². The summed E-state index contributed by atoms with van der Waals surface area (Å²) in [5, 5.41) is 4.07. The highest BCUT2D eigenvalue weighted by molar-refractivity contribution is 7.89. The summed E-state index contributed by atoms with van der Waals surface area (Å²) in [6.45, 7) is 2.17. The molecule has 0 bridgehead atoms. The molecular formula is C19H25FN2O3S2. The van der Waals surface area contributed by atoms with Crippen LogP contribution >= 0.6 is 11.3 Å². The summed E-state index contributed by atoms with van der Waals surface area (Å²) in [5.41, 5.74) is 1.12. The number of ether oxygens (including phenoxy) is 1. The largest absolute Gasteiger partial charge is 0.494 e. The number of hydrogen-bond donors (Lipinski definition) is 1. The van der Waals surface area contributed by atoms with Crippen LogP contribution in [-0.4, -0.2) is 40.1 Å². The van der Waals surface area contributed by atoms with Crippen molar-refractivity contribution in [2.24, 2.45) is 0 Å². The number of nitrogens with one attached hydrogen (secondary N) is 1. The molecule has 148 valence electrons. The van der Waals surface area contributed by atoms with Crippen molar-refractivity contribution in [3.05, 3.63) is 46.4 Å². The lowest BCUT2D eigenvalue weighted by Crippen LogP contribution is -2.38. The summed E-state index contributed by atoms with van der Waals surface area (Å²) >= 11 is 1.61. The van der Waals surface area contributed by atoms with E-state index in [0.29, 0.717) is 0 Å². The van der Waals surface area contributed by atoms with Gasteiger partial charge in [0, 0.05) is 12.6 Å². The SMILES string of the molecule is COc1ccc(S(=O)(=O)NC[C@@H](c2ccsc2)N2CCCCCC2)cc1F. The van der Waals surface area contributed by atoms with Crippen molar-refractivity contribution in [1.29, 1.82) is 0 Å². The molecule has 2 aromatic rings. The predicted octanol–water partition coefficient (Wildman–Crippen LogP) is 3.79. The Morgan fingerprint density at radius 3 is 2.56 bits per heavy atom. The number of methoxy groups -OCH3 is 1. The van der Waals surface area contributed by atoms with Gasteiger partial charge in [-0.1, -0.05) is 12.8 Å². The van der Waals surface area contributed by atoms with E-state index in [9.17, 15) is 12.8 Å². The molecule has 0 saturated carbocycles. The molecule has 27 heavy (non-hydrogen) atoms. The smallest absolute Gasteiger partial charge is 0.240 e. The molecule has 1 fully saturated rings. The Morgan fingerprint density at radius 2 is 1.96 bits per heavy atom. The summed E-state index contributed by atoms with van der Waals surface area (Å²) in [6.07, 6.45) is 4.67. The molecule has 1 atom stereocenters. The van der Waals surface area contributed by atoms with Gasteiger partial charge in [-0.2, -0.15) is 11.3 Å². The van der Waals surface area contributed by atoms with Crippen LogP contribution in [0, 0.1) is 5.82 Å². The highest BCUT2D eigenvalue weighted by Gasteiger charge is 2.25. The Balaban J connectivity index is 1.76. The molecule has 0 unspecified atom stereocenters. The third-order valence-electron chi connectivity index (χ3n) is 4.91. The molecule has 0 radical (unpaired) electrons. The molecular weight excluding hydrogens is 387 g/mol. The zero-order valence-electron chi connectivity index (χ0n) is 15.4. The van der Waals surface area contributed by atoms with Gasteiger partial charge in [0.25, 0.3) is 0 Å². The Kier molecular flexibility index (Phi) is 6.86. The second-order valence-corrected chi connectivity index (χ2v) is 9.22. The van der Waals surface area contributed by atoms with E-state index in [0.717, 1.165) is 37.6 Å². The molecule has 1 saturated heterocycles. The van der Waals surface area contributed by atoms with E-state index in [1.807, 2.05) is 11.4 Å². The molecule has 2 heterocycles. The van der Waals surface area contributed by atoms with Crippen LogP contribution in [0.1, 0.15) is 37.3 Å². The molecule has 0 aliphatic carbocycles. The molecule has 0 spiro atoms. The summed E-state index contributed by atoms with van der Waals surface area (Å²) in [7, 11) is -2.47. The summed E-state index contributed by atoms with van der Waals surface area (Å²) in [4.78, 5) is 2.26. The lowest BCUT2D eigenvalue weighted by atomic mass is 10.1. The number of hydrogen-bond acceptors (Lipinski definition) is 5. The molecule has 1 aliphatic rings. The predicted molar refractivity (Wildman–Crippen MR) is 105 cm³/mol. The lowest BCUT2D eigenvalue weighted by molar-refractivity contribution is 0.206. The van der Waals surface area contributed by atoms with Gasteiger partial charge in [-0.05, 0) is 66.5 Å². The van der Waals surface area contributed by atoms with Gasteiger partial charge in [0.2, 0.25) is 10.0 Å². The standard InChI is InChI=1S/C19H25FN2O3S2/c1-25-19-7-6-16(12-17(19)20)27(23,24)21-13-18(15-8-11-26-14-15)22-9-4-2-3-5-10-22/h6-8,11-12,14,18,21H,2-5,9-10,13H2,1H3/t18-/m0/s1. The van der Waals surface area contributed by atoms with Crippen molar-refractivity contribution < 1.29 is 17.5 Å². The second kappa shape index (κ2) is 9.14. The average molecular weight is 413 g/mol. The first-order chi connectivity index (χ1) is 13.0. The van der Waals surface area contributed by atoms with Crippen molar-refractivity contribution in [1.82, 2.24) is 9.62 Å². The zero-order chi connectivity index (χ0) is 19.3. The maximum absolute atomic E-state index is 13.9. The first-order valence-corrected chi connectivity index (χ1v) is 11.5. The first kappa shape index (κ1) is 20.3. The van der Waals surface area contributed by atoms with Gasteiger partial charge in [0.1, 0.15) is 0 Å². The molecule has 1 aliphatic heterocycles. The van der Waals surface area contributed by atoms with E-state index in [4.69, 9.17) is 4.74 Å². The van der Waals surface area contributed by atoms with Gasteiger partial charge >= 0.3 is 0 Å². The Morgan fingerprint density at radius 1 is 1.22 bits per heavy atom. The van der Waals surface area contributed by atoms with Gasteiger partial charge in [0.15, 0.2) is 11.6 Å². The minimum absolute atomic E-state index is 0.0211. The number of benzene rings is 1. The maximum atomic E-state index is 13.9. The van der Waals surface area contributed by atoms with Crippen LogP contribution in [0.4, 0.5) is 4.39 Å². The molecule has 5 nitrogen and oxygen atoms in total. The van der Waals surface area contributed by atoms with E-state index in [1.165, 1.54) is 32.1 Å². The summed E-state index contributed by atoms with van der Waals surface area (Å²) in [5.74, 6) is -0.669. The van der Waals surface area contributed by atoms with Crippen molar-refractivity contribution >= 4 is 21.4 Å². The normalized spacial score (nSPS) is 17.4. The highest BCUT2D eigenvalue weighted by Crippen LogP contribution is 2.26. The zero-order valence-corrected chi connectivity index (χ0v) is 17.0. The van der Waals surface area contributed by atoms with Gasteiger partial charge in [-0.15, -0.1) is 0 Å². The fourth-order valence-electron chi connectivity index (χ4n) is 3.42. The van der Waals surface area contributed by atoms with E-state index in [1.54, 1.807) is 11.3 Å². The number of nitrogens with zero attached hydrogens (tertiary/aromatic N) is 1. The van der Waals surface area contributed by atoms with Crippen molar-refractivity contribution in [3.63, 3.8) is 0 Å². The first-order valence-electron chi connectivity index (χ1n) is 9.10. The van der Waals surface area contributed by atoms with Crippen LogP contribution < -0.4 is 9.46 Å². The number of rotatable bonds is 7. The second-order valence-electron chi connectivity index (χ2n) is 6.67. The molecule has 1 aromatic carbocycles. The third kappa shape index (κ3) is 5.07. The molecule has 1 aromatic heterocycles. The maximum Gasteiger partial charge on any atom is 0.240 e. The molecule has 1 N–H and O–H groups in total. The van der Waals surface area contributed by atoms with Gasteiger partial charge in [-0.3, -0.25) is 4.90 Å². The molecule has 0 amide bonds. The van der Waals surface area contributed by atoms with Gasteiger partial charge in [-0.25, -0.2) is 17.5 Å². The average Bonchev–Trinajstić information content (AvgIpc) is 3.04. The topological polar surface area (TPSA) is 58.6 Å². The van der Waals surface area contributed by atoms with E-state index in [-0.39, 0.29) is 23.2 Å². The van der Waals surface area contributed by atoms with Crippen LogP contribution in [-0.2, 0) is 10.0 Å². The quantitative estimate of drug-likeness (QED) is 0.752. The lowest BCUT2D eigenvalue weighted by Gasteiger charge is -2.30. The number of likely N-dealkylation sites (tertiary alicyclic amines) is 1. The fraction of sp³-hybridized carbons (Fsp3) is 0.474. The van der Waals surface area contributed by atoms with E-state index < -0.39 is 15.8 Å². The molecule has 8 heteroatoms. The minimum Gasteiger partial charge on any atom is -0.494 e. The summed E-state index contributed by atoms with van der Waals surface area (Å²) < 4.78 is 46.8. The van der Waals surface area contributed by atoms with Crippen LogP contribution in [0.2, 0.25) is 0 Å². The van der Waals surface area contributed by atoms with Crippen LogP contribution in [0.5, 0.6) is 5.75 Å². The van der Waals surface area contributed by atoms with Crippen LogP contribution in [0.25, 0.3) is 0 Å². The number of halogens is 1. The van der Waals surface area contributed by atoms with Crippen LogP contribution in [0.3, 0.4) is 0 Å². The van der Waals surface area contributed by atoms with E-state index in [2.05, 4.69) is 15.0 Å². The Labute approximate surface area is 164 Å². The van der Waals surface area contributed by atoms with Gasteiger partial charge in [0.05, 0.1) is 12.0 Å². The van der Waals surface area contributed by atoms with E-state index >= 15 is 0 Å². The number of sulfonamides is 1.